The van der Waals surface area contributed by atoms with Gasteiger partial charge in [0.2, 0.25) is 0 Å². The summed E-state index contributed by atoms with van der Waals surface area (Å²) in [7, 11) is 0. The molecule has 1 aliphatic heterocycles. The molecule has 2 aromatic carbocycles. The Morgan fingerprint density at radius 3 is 2.42 bits per heavy atom. The van der Waals surface area contributed by atoms with E-state index in [-0.39, 0.29) is 18.7 Å². The predicted molar refractivity (Wildman–Crippen MR) is 99.3 cm³/mol. The highest BCUT2D eigenvalue weighted by Crippen LogP contribution is 2.37. The molecule has 1 amide bonds. The number of nitrogen functional groups attached to an aromatic ring is 1. The molecule has 1 aliphatic rings. The average Bonchev–Trinajstić information content (AvgIpc) is 2.68. The third kappa shape index (κ3) is 3.41. The first-order chi connectivity index (χ1) is 12.5. The quantitative estimate of drug-likeness (QED) is 0.855. The molecule has 0 saturated carbocycles. The number of nitrogens with two attached hydrogens (primary N) is 1. The number of likely N-dealkylation sites (tertiary alicyclic amines) is 1. The van der Waals surface area contributed by atoms with Crippen molar-refractivity contribution in [1.82, 2.24) is 4.90 Å². The lowest BCUT2D eigenvalue weighted by Gasteiger charge is -2.36. The van der Waals surface area contributed by atoms with Crippen LogP contribution >= 0.6 is 0 Å². The van der Waals surface area contributed by atoms with Gasteiger partial charge >= 0.3 is 0 Å². The molecule has 134 valence electrons. The second kappa shape index (κ2) is 7.17. The summed E-state index contributed by atoms with van der Waals surface area (Å²) in [6.45, 7) is 2.72. The van der Waals surface area contributed by atoms with E-state index in [1.54, 1.807) is 41.3 Å². The molecule has 2 aromatic rings. The molecule has 0 radical (unpaired) electrons. The summed E-state index contributed by atoms with van der Waals surface area (Å²) in [5, 5.41) is 8.86. The topological polar surface area (TPSA) is 70.1 Å². The van der Waals surface area contributed by atoms with Crippen molar-refractivity contribution in [2.75, 3.05) is 18.8 Å². The zero-order valence-corrected chi connectivity index (χ0v) is 14.8. The second-order valence-corrected chi connectivity index (χ2v) is 6.71. The van der Waals surface area contributed by atoms with Crippen LogP contribution in [0.4, 0.5) is 10.1 Å². The van der Waals surface area contributed by atoms with Crippen LogP contribution in [0.2, 0.25) is 0 Å². The number of aryl methyl sites for hydroxylation is 1. The fourth-order valence-corrected chi connectivity index (χ4v) is 3.43. The van der Waals surface area contributed by atoms with Crippen LogP contribution < -0.4 is 5.73 Å². The minimum absolute atomic E-state index is 0.110. The van der Waals surface area contributed by atoms with Gasteiger partial charge in [-0.25, -0.2) is 4.39 Å². The van der Waals surface area contributed by atoms with Crippen LogP contribution in [-0.2, 0) is 12.1 Å². The molecule has 1 saturated heterocycles. The highest BCUT2D eigenvalue weighted by Gasteiger charge is 2.37. The van der Waals surface area contributed by atoms with E-state index in [4.69, 9.17) is 11.0 Å². The molecule has 1 heterocycles. The van der Waals surface area contributed by atoms with Crippen molar-refractivity contribution in [2.24, 2.45) is 0 Å². The monoisotopic (exact) mass is 351 g/mol. The third-order valence-corrected chi connectivity index (χ3v) is 5.15. The number of rotatable bonds is 3. The van der Waals surface area contributed by atoms with E-state index in [1.807, 2.05) is 19.1 Å². The van der Waals surface area contributed by atoms with E-state index in [2.05, 4.69) is 0 Å². The van der Waals surface area contributed by atoms with Crippen molar-refractivity contribution in [3.8, 4) is 6.07 Å². The van der Waals surface area contributed by atoms with Gasteiger partial charge in [0, 0.05) is 37.2 Å². The van der Waals surface area contributed by atoms with E-state index in [9.17, 15) is 4.79 Å². The SMILES string of the molecule is CCc1ccc(C(=O)N2CCC(F)(c3ccc(C#N)cc3)CC2)cc1N. The van der Waals surface area contributed by atoms with Crippen molar-refractivity contribution in [3.63, 3.8) is 0 Å². The summed E-state index contributed by atoms with van der Waals surface area (Å²) >= 11 is 0. The first-order valence-electron chi connectivity index (χ1n) is 8.84. The number of alkyl halides is 1. The summed E-state index contributed by atoms with van der Waals surface area (Å²) in [6, 6.07) is 14.0. The molecule has 2 N–H and O–H groups in total. The third-order valence-electron chi connectivity index (χ3n) is 5.15. The van der Waals surface area contributed by atoms with Crippen LogP contribution in [0.5, 0.6) is 0 Å². The van der Waals surface area contributed by atoms with Gasteiger partial charge in [0.15, 0.2) is 0 Å². The number of amides is 1. The van der Waals surface area contributed by atoms with Crippen molar-refractivity contribution < 1.29 is 9.18 Å². The lowest BCUT2D eigenvalue weighted by Crippen LogP contribution is -2.43. The Morgan fingerprint density at radius 1 is 1.23 bits per heavy atom. The molecule has 26 heavy (non-hydrogen) atoms. The van der Waals surface area contributed by atoms with E-state index >= 15 is 4.39 Å². The summed E-state index contributed by atoms with van der Waals surface area (Å²) in [6.07, 6.45) is 1.30. The summed E-state index contributed by atoms with van der Waals surface area (Å²) in [4.78, 5) is 14.4. The Labute approximate surface area is 153 Å². The molecular weight excluding hydrogens is 329 g/mol. The van der Waals surface area contributed by atoms with Gasteiger partial charge in [-0.15, -0.1) is 0 Å². The molecule has 0 aliphatic carbocycles. The zero-order chi connectivity index (χ0) is 18.7. The van der Waals surface area contributed by atoms with Crippen molar-refractivity contribution in [1.29, 1.82) is 5.26 Å². The van der Waals surface area contributed by atoms with Gasteiger partial charge in [-0.05, 0) is 41.8 Å². The Bertz CT molecular complexity index is 847. The van der Waals surface area contributed by atoms with Crippen molar-refractivity contribution >= 4 is 11.6 Å². The molecule has 0 aromatic heterocycles. The molecular formula is C21H22FN3O. The van der Waals surface area contributed by atoms with Gasteiger partial charge in [-0.2, -0.15) is 5.26 Å². The van der Waals surface area contributed by atoms with Gasteiger partial charge in [0.05, 0.1) is 11.6 Å². The predicted octanol–water partition coefficient (Wildman–Crippen LogP) is 3.80. The highest BCUT2D eigenvalue weighted by molar-refractivity contribution is 5.95. The molecule has 0 unspecified atom stereocenters. The molecule has 0 spiro atoms. The Balaban J connectivity index is 1.70. The van der Waals surface area contributed by atoms with Gasteiger partial charge < -0.3 is 10.6 Å². The number of nitriles is 1. The highest BCUT2D eigenvalue weighted by atomic mass is 19.1. The molecule has 1 fully saturated rings. The van der Waals surface area contributed by atoms with Crippen LogP contribution in [0.1, 0.15) is 46.8 Å². The first-order valence-corrected chi connectivity index (χ1v) is 8.84. The fraction of sp³-hybridized carbons (Fsp3) is 0.333. The first kappa shape index (κ1) is 17.9. The number of hydrogen-bond acceptors (Lipinski definition) is 3. The number of piperidine rings is 1. The largest absolute Gasteiger partial charge is 0.398 e. The lowest BCUT2D eigenvalue weighted by atomic mass is 9.85. The normalized spacial score (nSPS) is 16.1. The molecule has 0 bridgehead atoms. The van der Waals surface area contributed by atoms with E-state index in [1.165, 1.54) is 0 Å². The number of nitrogens with zero attached hydrogens (tertiary/aromatic N) is 2. The van der Waals surface area contributed by atoms with Gasteiger partial charge in [-0.3, -0.25) is 4.79 Å². The number of carbonyl (C=O) groups is 1. The van der Waals surface area contributed by atoms with E-state index < -0.39 is 5.67 Å². The van der Waals surface area contributed by atoms with Gasteiger partial charge in [0.25, 0.3) is 5.91 Å². The van der Waals surface area contributed by atoms with Gasteiger partial charge in [0.1, 0.15) is 5.67 Å². The number of anilines is 1. The number of hydrogen-bond donors (Lipinski definition) is 1. The van der Waals surface area contributed by atoms with Crippen LogP contribution in [0.25, 0.3) is 0 Å². The lowest BCUT2D eigenvalue weighted by molar-refractivity contribution is 0.0421. The molecule has 0 atom stereocenters. The van der Waals surface area contributed by atoms with Crippen LogP contribution in [0.3, 0.4) is 0 Å². The number of benzene rings is 2. The number of carbonyl (C=O) groups excluding carboxylic acids is 1. The maximum atomic E-state index is 15.3. The molecule has 4 nitrogen and oxygen atoms in total. The maximum absolute atomic E-state index is 15.3. The van der Waals surface area contributed by atoms with E-state index in [0.29, 0.717) is 35.5 Å². The smallest absolute Gasteiger partial charge is 0.253 e. The maximum Gasteiger partial charge on any atom is 0.253 e. The van der Waals surface area contributed by atoms with Crippen molar-refractivity contribution in [3.05, 3.63) is 64.7 Å². The van der Waals surface area contributed by atoms with Crippen LogP contribution in [0, 0.1) is 11.3 Å². The minimum atomic E-state index is -1.46. The van der Waals surface area contributed by atoms with Gasteiger partial charge in [-0.1, -0.05) is 25.1 Å². The van der Waals surface area contributed by atoms with E-state index in [0.717, 1.165) is 12.0 Å². The average molecular weight is 351 g/mol. The standard InChI is InChI=1S/C21H22FN3O/c1-2-16-5-6-17(13-19(16)24)20(26)25-11-9-21(22,10-12-25)18-7-3-15(14-23)4-8-18/h3-8,13H,2,9-12,24H2,1H3. The fourth-order valence-electron chi connectivity index (χ4n) is 3.43. The molecule has 3 rings (SSSR count). The summed E-state index contributed by atoms with van der Waals surface area (Å²) in [5.41, 5.74) is 7.79. The zero-order valence-electron chi connectivity index (χ0n) is 14.8. The minimum Gasteiger partial charge on any atom is -0.398 e. The van der Waals surface area contributed by atoms with Crippen LogP contribution in [-0.4, -0.2) is 23.9 Å². The summed E-state index contributed by atoms with van der Waals surface area (Å²) in [5.74, 6) is -0.110. The number of halogens is 1. The molecule has 5 heteroatoms. The Hall–Kier alpha value is -2.87. The Morgan fingerprint density at radius 2 is 1.88 bits per heavy atom. The van der Waals surface area contributed by atoms with Crippen molar-refractivity contribution in [2.45, 2.75) is 31.9 Å². The second-order valence-electron chi connectivity index (χ2n) is 6.71. The summed E-state index contributed by atoms with van der Waals surface area (Å²) < 4.78 is 15.3. The van der Waals surface area contributed by atoms with Crippen LogP contribution in [0.15, 0.2) is 42.5 Å². The Kier molecular flexibility index (Phi) is 4.94.